The third-order valence-corrected chi connectivity index (χ3v) is 10.8. The molecule has 1 aliphatic rings. The first-order valence-corrected chi connectivity index (χ1v) is 16.3. The number of carbonyl (C=O) groups excluding carboxylic acids is 1. The van der Waals surface area contributed by atoms with Gasteiger partial charge in [-0.1, -0.05) is 30.3 Å². The standard InChI is InChI=1S/C28H36N4O8S2/c1-18-15-32(19(2)17-33)27(34)14-22-13-23(30-41(35,36)24-9-7-6-8-10-24)11-12-25(22)39-26(18)16-31(5)42(37,38)28-20(3)29-40-21(28)4/h6-13,18-19,26,30,33H,14-17H2,1-5H3/t18-,19-,26-/m1/s1. The molecule has 0 spiro atoms. The second-order valence-corrected chi connectivity index (χ2v) is 14.2. The van der Waals surface area contributed by atoms with Crippen molar-refractivity contribution in [3.05, 3.63) is 65.5 Å². The van der Waals surface area contributed by atoms with Crippen LogP contribution >= 0.6 is 0 Å². The van der Waals surface area contributed by atoms with Crippen LogP contribution in [0.5, 0.6) is 5.75 Å². The lowest BCUT2D eigenvalue weighted by Gasteiger charge is -2.33. The summed E-state index contributed by atoms with van der Waals surface area (Å²) in [7, 11) is -6.44. The second kappa shape index (κ2) is 12.4. The van der Waals surface area contributed by atoms with E-state index in [1.54, 1.807) is 43.0 Å². The zero-order valence-corrected chi connectivity index (χ0v) is 25.8. The molecule has 0 saturated carbocycles. The number of likely N-dealkylation sites (N-methyl/N-ethyl adjacent to an activating group) is 1. The molecule has 12 nitrogen and oxygen atoms in total. The molecule has 3 atom stereocenters. The van der Waals surface area contributed by atoms with Gasteiger partial charge in [0.1, 0.15) is 22.4 Å². The van der Waals surface area contributed by atoms with Crippen LogP contribution in [0.1, 0.15) is 30.9 Å². The van der Waals surface area contributed by atoms with Gasteiger partial charge >= 0.3 is 0 Å². The smallest absolute Gasteiger partial charge is 0.261 e. The van der Waals surface area contributed by atoms with Crippen LogP contribution in [0.15, 0.2) is 62.8 Å². The highest BCUT2D eigenvalue weighted by atomic mass is 32.2. The number of nitrogens with zero attached hydrogens (tertiary/aromatic N) is 3. The third kappa shape index (κ3) is 6.61. The van der Waals surface area contributed by atoms with E-state index in [9.17, 15) is 26.7 Å². The molecule has 1 aromatic heterocycles. The summed E-state index contributed by atoms with van der Waals surface area (Å²) in [5.41, 5.74) is 0.892. The molecule has 1 amide bonds. The summed E-state index contributed by atoms with van der Waals surface area (Å²) in [5.74, 6) is -0.141. The average molecular weight is 621 g/mol. The zero-order chi connectivity index (χ0) is 30.8. The highest BCUT2D eigenvalue weighted by molar-refractivity contribution is 7.92. The van der Waals surface area contributed by atoms with Crippen LogP contribution < -0.4 is 9.46 Å². The molecule has 0 fully saturated rings. The molecule has 4 rings (SSSR count). The molecule has 1 aliphatic heterocycles. The van der Waals surface area contributed by atoms with Crippen molar-refractivity contribution in [1.29, 1.82) is 0 Å². The monoisotopic (exact) mass is 620 g/mol. The molecule has 3 aromatic rings. The second-order valence-electron chi connectivity index (χ2n) is 10.6. The number of aryl methyl sites for hydroxylation is 2. The molecular weight excluding hydrogens is 584 g/mol. The summed E-state index contributed by atoms with van der Waals surface area (Å²) in [6.45, 7) is 6.51. The lowest BCUT2D eigenvalue weighted by atomic mass is 10.0. The fourth-order valence-electron chi connectivity index (χ4n) is 4.87. The number of ether oxygens (including phenoxy) is 1. The highest BCUT2D eigenvalue weighted by Gasteiger charge is 2.35. The van der Waals surface area contributed by atoms with E-state index in [1.807, 2.05) is 6.92 Å². The van der Waals surface area contributed by atoms with Gasteiger partial charge in [0.2, 0.25) is 15.9 Å². The minimum absolute atomic E-state index is 0.0119. The van der Waals surface area contributed by atoms with Crippen LogP contribution in [-0.2, 0) is 31.3 Å². The summed E-state index contributed by atoms with van der Waals surface area (Å²) < 4.78 is 67.9. The van der Waals surface area contributed by atoms with Gasteiger partial charge in [-0.3, -0.25) is 9.52 Å². The third-order valence-electron chi connectivity index (χ3n) is 7.30. The number of fused-ring (bicyclic) bond motifs is 1. The molecule has 228 valence electrons. The Bertz CT molecular complexity index is 1620. The number of aliphatic hydroxyl groups excluding tert-OH is 1. The van der Waals surface area contributed by atoms with Gasteiger partial charge in [0, 0.05) is 30.8 Å². The molecule has 2 aromatic carbocycles. The molecule has 0 aliphatic carbocycles. The topological polar surface area (TPSA) is 159 Å². The van der Waals surface area contributed by atoms with Crippen molar-refractivity contribution in [2.75, 3.05) is 31.5 Å². The molecule has 2 N–H and O–H groups in total. The van der Waals surface area contributed by atoms with E-state index in [0.29, 0.717) is 11.3 Å². The van der Waals surface area contributed by atoms with Gasteiger partial charge in [-0.25, -0.2) is 16.8 Å². The van der Waals surface area contributed by atoms with E-state index in [4.69, 9.17) is 9.26 Å². The van der Waals surface area contributed by atoms with Crippen LogP contribution in [-0.4, -0.2) is 81.1 Å². The number of carbonyl (C=O) groups is 1. The van der Waals surface area contributed by atoms with Crippen molar-refractivity contribution in [3.63, 3.8) is 0 Å². The van der Waals surface area contributed by atoms with E-state index in [1.165, 1.54) is 42.5 Å². The van der Waals surface area contributed by atoms with Crippen LogP contribution in [0.4, 0.5) is 5.69 Å². The summed E-state index contributed by atoms with van der Waals surface area (Å²) in [4.78, 5) is 15.1. The Morgan fingerprint density at radius 2 is 1.83 bits per heavy atom. The van der Waals surface area contributed by atoms with Gasteiger partial charge in [0.25, 0.3) is 10.0 Å². The molecule has 0 radical (unpaired) electrons. The van der Waals surface area contributed by atoms with E-state index in [-0.39, 0.29) is 64.9 Å². The van der Waals surface area contributed by atoms with Gasteiger partial charge in [-0.05, 0) is 51.1 Å². The first-order chi connectivity index (χ1) is 19.7. The van der Waals surface area contributed by atoms with Crippen molar-refractivity contribution in [1.82, 2.24) is 14.4 Å². The number of hydrogen-bond donors (Lipinski definition) is 2. The van der Waals surface area contributed by atoms with Gasteiger partial charge in [0.05, 0.1) is 30.5 Å². The van der Waals surface area contributed by atoms with Crippen LogP contribution in [0.3, 0.4) is 0 Å². The maximum atomic E-state index is 13.5. The number of anilines is 1. The Morgan fingerprint density at radius 1 is 1.14 bits per heavy atom. The number of aromatic nitrogens is 1. The van der Waals surface area contributed by atoms with Crippen molar-refractivity contribution in [2.45, 2.75) is 56.1 Å². The van der Waals surface area contributed by atoms with E-state index < -0.39 is 32.2 Å². The van der Waals surface area contributed by atoms with Crippen molar-refractivity contribution in [3.8, 4) is 5.75 Å². The number of amides is 1. The van der Waals surface area contributed by atoms with Gasteiger partial charge in [-0.15, -0.1) is 0 Å². The molecule has 2 heterocycles. The van der Waals surface area contributed by atoms with Crippen molar-refractivity contribution in [2.24, 2.45) is 5.92 Å². The maximum absolute atomic E-state index is 13.5. The van der Waals surface area contributed by atoms with Crippen molar-refractivity contribution < 1.29 is 36.0 Å². The fourth-order valence-corrected chi connectivity index (χ4v) is 7.41. The van der Waals surface area contributed by atoms with Gasteiger partial charge in [0.15, 0.2) is 5.76 Å². The lowest BCUT2D eigenvalue weighted by molar-refractivity contribution is -0.134. The summed E-state index contributed by atoms with van der Waals surface area (Å²) in [5, 5.41) is 13.6. The number of nitrogens with one attached hydrogen (secondary N) is 1. The Morgan fingerprint density at radius 3 is 2.45 bits per heavy atom. The molecule has 14 heteroatoms. The molecular formula is C28H36N4O8S2. The maximum Gasteiger partial charge on any atom is 0.261 e. The van der Waals surface area contributed by atoms with Crippen LogP contribution in [0, 0.1) is 19.8 Å². The Hall–Kier alpha value is -3.46. The largest absolute Gasteiger partial charge is 0.488 e. The van der Waals surface area contributed by atoms with E-state index in [0.717, 1.165) is 0 Å². The summed E-state index contributed by atoms with van der Waals surface area (Å²) in [6.07, 6.45) is -0.831. The Balaban J connectivity index is 1.70. The quantitative estimate of drug-likeness (QED) is 0.367. The van der Waals surface area contributed by atoms with Crippen LogP contribution in [0.2, 0.25) is 0 Å². The van der Waals surface area contributed by atoms with Gasteiger partial charge < -0.3 is 19.3 Å². The SMILES string of the molecule is Cc1noc(C)c1S(=O)(=O)N(C)C[C@H]1Oc2ccc(NS(=O)(=O)c3ccccc3)cc2CC(=O)N([C@H](C)CO)C[C@H]1C. The number of benzene rings is 2. The number of aliphatic hydroxyl groups is 1. The van der Waals surface area contributed by atoms with Crippen LogP contribution in [0.25, 0.3) is 0 Å². The predicted octanol–water partition coefficient (Wildman–Crippen LogP) is 2.56. The molecule has 0 bridgehead atoms. The normalized spacial score (nSPS) is 18.9. The first kappa shape index (κ1) is 31.5. The van der Waals surface area contributed by atoms with Crippen molar-refractivity contribution >= 4 is 31.6 Å². The average Bonchev–Trinajstić information content (AvgIpc) is 3.31. The summed E-state index contributed by atoms with van der Waals surface area (Å²) in [6, 6.07) is 12.0. The minimum atomic E-state index is -3.99. The minimum Gasteiger partial charge on any atom is -0.488 e. The fraction of sp³-hybridized carbons (Fsp3) is 0.429. The van der Waals surface area contributed by atoms with E-state index in [2.05, 4.69) is 9.88 Å². The predicted molar refractivity (Wildman–Crippen MR) is 155 cm³/mol. The number of rotatable bonds is 9. The molecule has 42 heavy (non-hydrogen) atoms. The molecule has 0 unspecified atom stereocenters. The summed E-state index contributed by atoms with van der Waals surface area (Å²) >= 11 is 0. The van der Waals surface area contributed by atoms with Gasteiger partial charge in [-0.2, -0.15) is 4.31 Å². The Labute approximate surface area is 246 Å². The number of sulfonamides is 2. The Kier molecular flexibility index (Phi) is 9.30. The molecule has 0 saturated heterocycles. The lowest BCUT2D eigenvalue weighted by Crippen LogP contribution is -2.48. The zero-order valence-electron chi connectivity index (χ0n) is 24.1. The van der Waals surface area contributed by atoms with E-state index >= 15 is 0 Å². The first-order valence-electron chi connectivity index (χ1n) is 13.4. The number of hydrogen-bond acceptors (Lipinski definition) is 9. The highest BCUT2D eigenvalue weighted by Crippen LogP contribution is 2.31.